The van der Waals surface area contributed by atoms with Gasteiger partial charge in [0.15, 0.2) is 0 Å². The maximum absolute atomic E-state index is 9.66. The minimum atomic E-state index is -0.382. The summed E-state index contributed by atoms with van der Waals surface area (Å²) in [4.78, 5) is 0. The molecule has 1 aromatic rings. The molecule has 0 fully saturated rings. The van der Waals surface area contributed by atoms with Crippen molar-refractivity contribution >= 4 is 0 Å². The lowest BCUT2D eigenvalue weighted by Gasteiger charge is -2.18. The van der Waals surface area contributed by atoms with Crippen LogP contribution in [-0.2, 0) is 0 Å². The van der Waals surface area contributed by atoms with Crippen molar-refractivity contribution in [2.45, 2.75) is 25.4 Å². The molecule has 0 aliphatic rings. The van der Waals surface area contributed by atoms with Crippen LogP contribution in [0.2, 0.25) is 0 Å². The second-order valence-electron chi connectivity index (χ2n) is 3.10. The van der Waals surface area contributed by atoms with Gasteiger partial charge < -0.3 is 5.11 Å². The van der Waals surface area contributed by atoms with Crippen LogP contribution in [0.4, 0.5) is 0 Å². The van der Waals surface area contributed by atoms with Crippen molar-refractivity contribution in [3.05, 3.63) is 48.6 Å². The van der Waals surface area contributed by atoms with Crippen LogP contribution >= 0.6 is 0 Å². The Morgan fingerprint density at radius 3 is 2.46 bits per heavy atom. The summed E-state index contributed by atoms with van der Waals surface area (Å²) < 4.78 is 0. The fourth-order valence-electron chi connectivity index (χ4n) is 1.39. The van der Waals surface area contributed by atoms with E-state index in [0.717, 1.165) is 5.56 Å². The number of aliphatic hydroxyl groups excluding tert-OH is 1. The maximum Gasteiger partial charge on any atom is 0.0640 e. The van der Waals surface area contributed by atoms with Crippen LogP contribution in [-0.4, -0.2) is 11.2 Å². The molecule has 1 nitrogen and oxygen atoms in total. The SMILES string of the molecule is [CH]=CC(c1ccccc1)C(O)CC. The smallest absolute Gasteiger partial charge is 0.0640 e. The summed E-state index contributed by atoms with van der Waals surface area (Å²) >= 11 is 0. The molecule has 0 saturated carbocycles. The third kappa shape index (κ3) is 2.43. The Kier molecular flexibility index (Phi) is 3.71. The third-order valence-electron chi connectivity index (χ3n) is 2.22. The number of hydrogen-bond acceptors (Lipinski definition) is 1. The van der Waals surface area contributed by atoms with Gasteiger partial charge in [0.2, 0.25) is 0 Å². The van der Waals surface area contributed by atoms with Crippen molar-refractivity contribution in [3.63, 3.8) is 0 Å². The lowest BCUT2D eigenvalue weighted by molar-refractivity contribution is 0.155. The maximum atomic E-state index is 9.66. The Labute approximate surface area is 79.7 Å². The fourth-order valence-corrected chi connectivity index (χ4v) is 1.39. The van der Waals surface area contributed by atoms with E-state index in [2.05, 4.69) is 0 Å². The molecule has 0 saturated heterocycles. The lowest BCUT2D eigenvalue weighted by Crippen LogP contribution is -2.15. The van der Waals surface area contributed by atoms with Gasteiger partial charge in [-0.15, -0.1) is 0 Å². The zero-order chi connectivity index (χ0) is 9.68. The molecule has 2 unspecified atom stereocenters. The van der Waals surface area contributed by atoms with Crippen LogP contribution < -0.4 is 0 Å². The molecule has 1 N–H and O–H groups in total. The molecule has 0 aliphatic carbocycles. The lowest BCUT2D eigenvalue weighted by atomic mass is 9.92. The predicted molar refractivity (Wildman–Crippen MR) is 54.4 cm³/mol. The van der Waals surface area contributed by atoms with Crippen LogP contribution in [0.5, 0.6) is 0 Å². The highest BCUT2D eigenvalue weighted by Gasteiger charge is 2.15. The predicted octanol–water partition coefficient (Wildman–Crippen LogP) is 2.53. The van der Waals surface area contributed by atoms with Gasteiger partial charge in [-0.05, 0) is 12.0 Å². The van der Waals surface area contributed by atoms with E-state index in [4.69, 9.17) is 6.58 Å². The molecule has 0 bridgehead atoms. The van der Waals surface area contributed by atoms with Gasteiger partial charge in [0.25, 0.3) is 0 Å². The summed E-state index contributed by atoms with van der Waals surface area (Å²) in [5, 5.41) is 9.66. The van der Waals surface area contributed by atoms with Crippen molar-refractivity contribution in [2.75, 3.05) is 0 Å². The molecular weight excluding hydrogens is 160 g/mol. The molecule has 69 valence electrons. The molecule has 0 amide bonds. The molecule has 0 aromatic heterocycles. The molecule has 1 heteroatoms. The summed E-state index contributed by atoms with van der Waals surface area (Å²) in [5.74, 6) is -0.0498. The third-order valence-corrected chi connectivity index (χ3v) is 2.22. The monoisotopic (exact) mass is 175 g/mol. The largest absolute Gasteiger partial charge is 0.392 e. The number of rotatable bonds is 4. The number of benzene rings is 1. The minimum absolute atomic E-state index is 0.0498. The highest BCUT2D eigenvalue weighted by atomic mass is 16.3. The van der Waals surface area contributed by atoms with Crippen LogP contribution in [0.3, 0.4) is 0 Å². The van der Waals surface area contributed by atoms with Crippen LogP contribution in [0, 0.1) is 6.58 Å². The number of hydrogen-bond donors (Lipinski definition) is 1. The van der Waals surface area contributed by atoms with E-state index in [-0.39, 0.29) is 12.0 Å². The zero-order valence-electron chi connectivity index (χ0n) is 7.85. The van der Waals surface area contributed by atoms with E-state index in [9.17, 15) is 5.11 Å². The first kappa shape index (κ1) is 10.0. The molecule has 13 heavy (non-hydrogen) atoms. The standard InChI is InChI=1S/C12H15O/c1-3-11(12(13)4-2)10-8-6-5-7-9-10/h1,3,5-9,11-13H,4H2,2H3. The van der Waals surface area contributed by atoms with Crippen LogP contribution in [0.25, 0.3) is 0 Å². The van der Waals surface area contributed by atoms with Crippen molar-refractivity contribution in [3.8, 4) is 0 Å². The minimum Gasteiger partial charge on any atom is -0.392 e. The van der Waals surface area contributed by atoms with Gasteiger partial charge in [-0.2, -0.15) is 0 Å². The van der Waals surface area contributed by atoms with Gasteiger partial charge in [0.1, 0.15) is 0 Å². The molecular formula is C12H15O. The molecule has 1 rings (SSSR count). The molecule has 1 aromatic carbocycles. The van der Waals surface area contributed by atoms with Crippen LogP contribution in [0.1, 0.15) is 24.8 Å². The topological polar surface area (TPSA) is 20.2 Å². The van der Waals surface area contributed by atoms with Crippen molar-refractivity contribution in [1.82, 2.24) is 0 Å². The molecule has 0 aliphatic heterocycles. The molecule has 0 spiro atoms. The Balaban J connectivity index is 2.84. The van der Waals surface area contributed by atoms with E-state index in [0.29, 0.717) is 6.42 Å². The Hall–Kier alpha value is -1.08. The van der Waals surface area contributed by atoms with E-state index >= 15 is 0 Å². The zero-order valence-corrected chi connectivity index (χ0v) is 7.85. The highest BCUT2D eigenvalue weighted by Crippen LogP contribution is 2.22. The van der Waals surface area contributed by atoms with Gasteiger partial charge in [-0.1, -0.05) is 49.9 Å². The van der Waals surface area contributed by atoms with E-state index in [1.165, 1.54) is 0 Å². The van der Waals surface area contributed by atoms with Gasteiger partial charge in [-0.25, -0.2) is 0 Å². The Morgan fingerprint density at radius 2 is 2.00 bits per heavy atom. The fraction of sp³-hybridized carbons (Fsp3) is 0.333. The van der Waals surface area contributed by atoms with E-state index in [1.807, 2.05) is 37.3 Å². The second kappa shape index (κ2) is 4.83. The first-order chi connectivity index (χ1) is 6.29. The second-order valence-corrected chi connectivity index (χ2v) is 3.10. The van der Waals surface area contributed by atoms with Gasteiger partial charge in [-0.3, -0.25) is 0 Å². The van der Waals surface area contributed by atoms with Gasteiger partial charge in [0, 0.05) is 5.92 Å². The highest BCUT2D eigenvalue weighted by molar-refractivity contribution is 5.24. The van der Waals surface area contributed by atoms with Crippen molar-refractivity contribution in [2.24, 2.45) is 0 Å². The summed E-state index contributed by atoms with van der Waals surface area (Å²) in [7, 11) is 0. The van der Waals surface area contributed by atoms with E-state index in [1.54, 1.807) is 6.08 Å². The van der Waals surface area contributed by atoms with Crippen LogP contribution in [0.15, 0.2) is 36.4 Å². The molecule has 2 atom stereocenters. The number of aliphatic hydroxyl groups is 1. The Bertz CT molecular complexity index is 253. The van der Waals surface area contributed by atoms with Gasteiger partial charge >= 0.3 is 0 Å². The summed E-state index contributed by atoms with van der Waals surface area (Å²) in [6, 6.07) is 9.82. The quantitative estimate of drug-likeness (QED) is 0.745. The summed E-state index contributed by atoms with van der Waals surface area (Å²) in [5.41, 5.74) is 1.07. The average molecular weight is 175 g/mol. The summed E-state index contributed by atoms with van der Waals surface area (Å²) in [6.45, 7) is 7.44. The first-order valence-corrected chi connectivity index (χ1v) is 4.57. The van der Waals surface area contributed by atoms with E-state index < -0.39 is 0 Å². The molecule has 0 heterocycles. The Morgan fingerprint density at radius 1 is 1.38 bits per heavy atom. The summed E-state index contributed by atoms with van der Waals surface area (Å²) in [6.07, 6.45) is 1.89. The van der Waals surface area contributed by atoms with Crippen molar-refractivity contribution in [1.29, 1.82) is 0 Å². The van der Waals surface area contributed by atoms with Crippen molar-refractivity contribution < 1.29 is 5.11 Å². The molecule has 1 radical (unpaired) electrons. The van der Waals surface area contributed by atoms with Gasteiger partial charge in [0.05, 0.1) is 6.10 Å². The first-order valence-electron chi connectivity index (χ1n) is 4.57. The average Bonchev–Trinajstić information content (AvgIpc) is 2.20. The normalized spacial score (nSPS) is 14.9.